The number of ether oxygens (including phenoxy) is 2. The van der Waals surface area contributed by atoms with Gasteiger partial charge in [-0.15, -0.1) is 0 Å². The third kappa shape index (κ3) is 9.28. The first-order valence-corrected chi connectivity index (χ1v) is 7.17. The lowest BCUT2D eigenvalue weighted by atomic mass is 10.2. The van der Waals surface area contributed by atoms with Crippen molar-refractivity contribution in [2.24, 2.45) is 0 Å². The van der Waals surface area contributed by atoms with E-state index in [1.54, 1.807) is 6.08 Å². The summed E-state index contributed by atoms with van der Waals surface area (Å²) < 4.78 is 10.2. The molecule has 4 heteroatoms. The second-order valence-corrected chi connectivity index (χ2v) is 4.39. The Bertz CT molecular complexity index is 295. The van der Waals surface area contributed by atoms with Crippen LogP contribution in [0.25, 0.3) is 0 Å². The lowest BCUT2D eigenvalue weighted by Gasteiger charge is -2.09. The number of hydrogen-bond acceptors (Lipinski definition) is 4. The number of carbonyl (C=O) groups is 2. The molecule has 0 aromatic heterocycles. The average molecular weight is 270 g/mol. The van der Waals surface area contributed by atoms with E-state index in [0.29, 0.717) is 25.0 Å². The highest BCUT2D eigenvalue weighted by Crippen LogP contribution is 2.05. The Morgan fingerprint density at radius 2 is 1.68 bits per heavy atom. The molecule has 0 amide bonds. The number of allylic oxidation sites excluding steroid dienone is 1. The predicted molar refractivity (Wildman–Crippen MR) is 74.7 cm³/mol. The van der Waals surface area contributed by atoms with Gasteiger partial charge in [0.25, 0.3) is 0 Å². The van der Waals surface area contributed by atoms with E-state index in [4.69, 9.17) is 9.47 Å². The fourth-order valence-corrected chi connectivity index (χ4v) is 1.40. The summed E-state index contributed by atoms with van der Waals surface area (Å²) in [6.07, 6.45) is 6.46. The van der Waals surface area contributed by atoms with Gasteiger partial charge in [0, 0.05) is 6.42 Å². The first-order valence-electron chi connectivity index (χ1n) is 7.17. The molecule has 0 heterocycles. The molecule has 19 heavy (non-hydrogen) atoms. The third-order valence-corrected chi connectivity index (χ3v) is 2.57. The minimum atomic E-state index is -0.376. The molecule has 110 valence electrons. The van der Waals surface area contributed by atoms with Crippen molar-refractivity contribution in [2.75, 3.05) is 13.2 Å². The van der Waals surface area contributed by atoms with Crippen molar-refractivity contribution >= 4 is 11.9 Å². The summed E-state index contributed by atoms with van der Waals surface area (Å²) in [5.74, 6) is -0.635. The Hall–Kier alpha value is -1.32. The van der Waals surface area contributed by atoms with Crippen molar-refractivity contribution in [1.29, 1.82) is 0 Å². The highest BCUT2D eigenvalue weighted by Gasteiger charge is 2.13. The zero-order valence-electron chi connectivity index (χ0n) is 12.4. The molecule has 0 N–H and O–H groups in total. The monoisotopic (exact) mass is 270 g/mol. The largest absolute Gasteiger partial charge is 0.462 e. The standard InChI is InChI=1S/C15H26O4/c1-4-7-10-14(16)19-12-13(9-6-3)15(17)18-11-8-5-2/h9H,4-8,10-12H2,1-3H3. The van der Waals surface area contributed by atoms with Gasteiger partial charge in [-0.05, 0) is 19.3 Å². The van der Waals surface area contributed by atoms with Crippen LogP contribution in [0, 0.1) is 0 Å². The van der Waals surface area contributed by atoms with Crippen LogP contribution in [0.3, 0.4) is 0 Å². The van der Waals surface area contributed by atoms with E-state index < -0.39 is 0 Å². The molecule has 0 aromatic rings. The maximum absolute atomic E-state index is 11.8. The molecule has 0 aliphatic rings. The van der Waals surface area contributed by atoms with Gasteiger partial charge in [-0.2, -0.15) is 0 Å². The van der Waals surface area contributed by atoms with Gasteiger partial charge in [0.05, 0.1) is 12.2 Å². The molecule has 0 atom stereocenters. The Morgan fingerprint density at radius 3 is 2.26 bits per heavy atom. The van der Waals surface area contributed by atoms with Crippen LogP contribution in [0.4, 0.5) is 0 Å². The van der Waals surface area contributed by atoms with E-state index in [2.05, 4.69) is 0 Å². The zero-order chi connectivity index (χ0) is 14.5. The Kier molecular flexibility index (Phi) is 10.9. The van der Waals surface area contributed by atoms with Crippen molar-refractivity contribution in [2.45, 2.75) is 59.3 Å². The van der Waals surface area contributed by atoms with Crippen molar-refractivity contribution in [1.82, 2.24) is 0 Å². The number of rotatable bonds is 10. The normalized spacial score (nSPS) is 11.2. The molecule has 0 bridgehead atoms. The van der Waals surface area contributed by atoms with Crippen molar-refractivity contribution < 1.29 is 19.1 Å². The maximum Gasteiger partial charge on any atom is 0.337 e. The van der Waals surface area contributed by atoms with Gasteiger partial charge < -0.3 is 9.47 Å². The molecule has 0 aromatic carbocycles. The summed E-state index contributed by atoms with van der Waals surface area (Å²) >= 11 is 0. The molecule has 0 fully saturated rings. The van der Waals surface area contributed by atoms with Crippen molar-refractivity contribution in [3.8, 4) is 0 Å². The highest BCUT2D eigenvalue weighted by molar-refractivity contribution is 5.89. The first-order chi connectivity index (χ1) is 9.15. The fraction of sp³-hybridized carbons (Fsp3) is 0.733. The summed E-state index contributed by atoms with van der Waals surface area (Å²) in [6, 6.07) is 0. The van der Waals surface area contributed by atoms with Gasteiger partial charge in [-0.1, -0.05) is 39.7 Å². The molecule has 0 saturated carbocycles. The number of unbranched alkanes of at least 4 members (excludes halogenated alkanes) is 2. The lowest BCUT2D eigenvalue weighted by molar-refractivity contribution is -0.145. The van der Waals surface area contributed by atoms with Gasteiger partial charge in [0.15, 0.2) is 0 Å². The first kappa shape index (κ1) is 17.7. The van der Waals surface area contributed by atoms with Gasteiger partial charge in [0.2, 0.25) is 0 Å². The quantitative estimate of drug-likeness (QED) is 0.347. The van der Waals surface area contributed by atoms with Crippen LogP contribution in [-0.4, -0.2) is 25.2 Å². The second-order valence-electron chi connectivity index (χ2n) is 4.39. The lowest BCUT2D eigenvalue weighted by Crippen LogP contribution is -2.16. The molecular formula is C15H26O4. The Balaban J connectivity index is 4.15. The maximum atomic E-state index is 11.8. The van der Waals surface area contributed by atoms with Crippen LogP contribution in [0.15, 0.2) is 11.6 Å². The fourth-order valence-electron chi connectivity index (χ4n) is 1.40. The zero-order valence-corrected chi connectivity index (χ0v) is 12.4. The smallest absolute Gasteiger partial charge is 0.337 e. The number of hydrogen-bond donors (Lipinski definition) is 0. The van der Waals surface area contributed by atoms with E-state index >= 15 is 0 Å². The average Bonchev–Trinajstić information content (AvgIpc) is 2.41. The van der Waals surface area contributed by atoms with E-state index in [-0.39, 0.29) is 18.5 Å². The van der Waals surface area contributed by atoms with Gasteiger partial charge in [0.1, 0.15) is 6.61 Å². The van der Waals surface area contributed by atoms with Crippen LogP contribution in [0.1, 0.15) is 59.3 Å². The molecular weight excluding hydrogens is 244 g/mol. The summed E-state index contributed by atoms with van der Waals surface area (Å²) in [4.78, 5) is 23.1. The summed E-state index contributed by atoms with van der Waals surface area (Å²) in [6.45, 7) is 6.41. The number of carbonyl (C=O) groups excluding carboxylic acids is 2. The summed E-state index contributed by atoms with van der Waals surface area (Å²) in [5.41, 5.74) is 0.434. The van der Waals surface area contributed by atoms with E-state index in [0.717, 1.165) is 25.7 Å². The van der Waals surface area contributed by atoms with Gasteiger partial charge in [-0.25, -0.2) is 4.79 Å². The number of esters is 2. The summed E-state index contributed by atoms with van der Waals surface area (Å²) in [7, 11) is 0. The molecule has 4 nitrogen and oxygen atoms in total. The summed E-state index contributed by atoms with van der Waals surface area (Å²) in [5, 5.41) is 0. The Labute approximate surface area is 116 Å². The van der Waals surface area contributed by atoms with Crippen LogP contribution in [0.5, 0.6) is 0 Å². The predicted octanol–water partition coefficient (Wildman–Crippen LogP) is 3.40. The SMILES string of the molecule is CCC=C(COC(=O)CCCC)C(=O)OCCCC. The second kappa shape index (κ2) is 11.8. The van der Waals surface area contributed by atoms with Crippen LogP contribution in [-0.2, 0) is 19.1 Å². The molecule has 0 rings (SSSR count). The van der Waals surface area contributed by atoms with E-state index in [1.165, 1.54) is 0 Å². The molecule has 0 aliphatic heterocycles. The van der Waals surface area contributed by atoms with Gasteiger partial charge >= 0.3 is 11.9 Å². The van der Waals surface area contributed by atoms with Crippen LogP contribution < -0.4 is 0 Å². The molecule has 0 aliphatic carbocycles. The molecule has 0 saturated heterocycles. The minimum absolute atomic E-state index is 0.0152. The highest BCUT2D eigenvalue weighted by atomic mass is 16.5. The molecule has 0 radical (unpaired) electrons. The van der Waals surface area contributed by atoms with Crippen molar-refractivity contribution in [3.05, 3.63) is 11.6 Å². The Morgan fingerprint density at radius 1 is 1.00 bits per heavy atom. The van der Waals surface area contributed by atoms with E-state index in [1.807, 2.05) is 20.8 Å². The molecule has 0 spiro atoms. The van der Waals surface area contributed by atoms with Crippen molar-refractivity contribution in [3.63, 3.8) is 0 Å². The molecule has 0 unspecified atom stereocenters. The topological polar surface area (TPSA) is 52.6 Å². The van der Waals surface area contributed by atoms with Gasteiger partial charge in [-0.3, -0.25) is 4.79 Å². The minimum Gasteiger partial charge on any atom is -0.462 e. The third-order valence-electron chi connectivity index (χ3n) is 2.57. The van der Waals surface area contributed by atoms with Crippen LogP contribution in [0.2, 0.25) is 0 Å². The van der Waals surface area contributed by atoms with Crippen LogP contribution >= 0.6 is 0 Å². The van der Waals surface area contributed by atoms with E-state index in [9.17, 15) is 9.59 Å².